The lowest BCUT2D eigenvalue weighted by molar-refractivity contribution is 0.590. The van der Waals surface area contributed by atoms with Gasteiger partial charge in [0.1, 0.15) is 0 Å². The molecule has 0 amide bonds. The van der Waals surface area contributed by atoms with Gasteiger partial charge in [0.15, 0.2) is 0 Å². The Morgan fingerprint density at radius 3 is 1.72 bits per heavy atom. The van der Waals surface area contributed by atoms with Gasteiger partial charge in [0.2, 0.25) is 0 Å². The molecule has 2 nitrogen and oxygen atoms in total. The lowest BCUT2D eigenvalue weighted by atomic mass is 9.81. The predicted octanol–water partition coefficient (Wildman–Crippen LogP) is 16.3. The fraction of sp³-hybridized carbons (Fsp3) is 0.207. The first-order valence-corrected chi connectivity index (χ1v) is 21.5. The van der Waals surface area contributed by atoms with Crippen molar-refractivity contribution in [1.29, 1.82) is 0 Å². The summed E-state index contributed by atoms with van der Waals surface area (Å²) in [7, 11) is 0. The molecule has 60 heavy (non-hydrogen) atoms. The number of hydrogen-bond donors (Lipinski definition) is 0. The van der Waals surface area contributed by atoms with Gasteiger partial charge in [-0.1, -0.05) is 170 Å². The molecule has 10 rings (SSSR count). The topological polar surface area (TPSA) is 8.17 Å². The van der Waals surface area contributed by atoms with Crippen molar-refractivity contribution in [3.63, 3.8) is 0 Å². The van der Waals surface area contributed by atoms with Crippen LogP contribution in [0.5, 0.6) is 0 Å². The van der Waals surface area contributed by atoms with Crippen molar-refractivity contribution >= 4 is 49.6 Å². The van der Waals surface area contributed by atoms with Crippen molar-refractivity contribution in [3.8, 4) is 27.9 Å². The van der Waals surface area contributed by atoms with Crippen LogP contribution >= 0.6 is 0 Å². The Bertz CT molecular complexity index is 3050. The largest absolute Gasteiger partial charge is 0.310 e. The van der Waals surface area contributed by atoms with Crippen LogP contribution in [0.15, 0.2) is 164 Å². The van der Waals surface area contributed by atoms with Gasteiger partial charge in [-0.3, -0.25) is 0 Å². The quantitative estimate of drug-likeness (QED) is 0.169. The standard InChI is InChI=1S/C58H54N2/c1-37-22-33-52-49(34-37)47-21-15-20-44(38-16-11-10-12-17-38)55(47)60(52)43-31-32-48-50(35-43)58(8,9)51-36-53(45-18-13-14-19-46(45)54(48)51)59(41-27-23-39(24-28-41)56(2,3)4)42-29-25-40(26-30-42)57(5,6)7/h10-36H,1-9H3. The van der Waals surface area contributed by atoms with E-state index in [2.05, 4.69) is 236 Å². The number of para-hydroxylation sites is 1. The highest BCUT2D eigenvalue weighted by molar-refractivity contribution is 6.14. The molecule has 296 valence electrons. The van der Waals surface area contributed by atoms with Crippen LogP contribution in [-0.4, -0.2) is 4.57 Å². The van der Waals surface area contributed by atoms with E-state index in [9.17, 15) is 0 Å². The van der Waals surface area contributed by atoms with Gasteiger partial charge in [0.25, 0.3) is 0 Å². The average molecular weight is 779 g/mol. The second-order valence-electron chi connectivity index (χ2n) is 19.6. The van der Waals surface area contributed by atoms with E-state index in [-0.39, 0.29) is 16.2 Å². The zero-order chi connectivity index (χ0) is 41.7. The molecule has 1 aromatic heterocycles. The first kappa shape index (κ1) is 37.9. The van der Waals surface area contributed by atoms with Gasteiger partial charge in [-0.05, 0) is 117 Å². The van der Waals surface area contributed by atoms with E-state index in [0.29, 0.717) is 0 Å². The molecule has 0 bridgehead atoms. The highest BCUT2D eigenvalue weighted by Crippen LogP contribution is 2.55. The Morgan fingerprint density at radius 1 is 0.483 bits per heavy atom. The third kappa shape index (κ3) is 5.99. The van der Waals surface area contributed by atoms with E-state index in [4.69, 9.17) is 0 Å². The maximum absolute atomic E-state index is 2.51. The number of anilines is 3. The van der Waals surface area contributed by atoms with Crippen LogP contribution in [0.25, 0.3) is 60.5 Å². The molecule has 0 N–H and O–H groups in total. The van der Waals surface area contributed by atoms with Gasteiger partial charge < -0.3 is 9.47 Å². The third-order valence-corrected chi connectivity index (χ3v) is 13.2. The SMILES string of the molecule is Cc1ccc2c(c1)c1cccc(-c3ccccc3)c1n2-c1ccc2c(c1)C(C)(C)c1cc(N(c3ccc(C(C)(C)C)cc3)c3ccc(C(C)(C)C)cc3)c3ccccc3c1-2. The molecule has 0 radical (unpaired) electrons. The fourth-order valence-electron chi connectivity index (χ4n) is 9.83. The predicted molar refractivity (Wildman–Crippen MR) is 258 cm³/mol. The molecule has 0 aliphatic heterocycles. The highest BCUT2D eigenvalue weighted by atomic mass is 15.1. The fourth-order valence-corrected chi connectivity index (χ4v) is 9.83. The molecule has 9 aromatic rings. The zero-order valence-corrected chi connectivity index (χ0v) is 36.5. The molecule has 0 atom stereocenters. The number of hydrogen-bond acceptors (Lipinski definition) is 1. The zero-order valence-electron chi connectivity index (χ0n) is 36.5. The molecule has 0 fully saturated rings. The molecule has 0 unspecified atom stereocenters. The molecular formula is C58H54N2. The third-order valence-electron chi connectivity index (χ3n) is 13.2. The normalized spacial score (nSPS) is 13.6. The summed E-state index contributed by atoms with van der Waals surface area (Å²) in [6.45, 7) is 20.8. The molecule has 1 heterocycles. The van der Waals surface area contributed by atoms with Crippen LogP contribution in [0.2, 0.25) is 0 Å². The number of fused-ring (bicyclic) bond motifs is 8. The van der Waals surface area contributed by atoms with Gasteiger partial charge >= 0.3 is 0 Å². The summed E-state index contributed by atoms with van der Waals surface area (Å²) in [5.74, 6) is 0. The van der Waals surface area contributed by atoms with E-state index in [1.54, 1.807) is 0 Å². The van der Waals surface area contributed by atoms with Gasteiger partial charge in [-0.2, -0.15) is 0 Å². The second kappa shape index (κ2) is 13.6. The van der Waals surface area contributed by atoms with E-state index >= 15 is 0 Å². The van der Waals surface area contributed by atoms with Crippen LogP contribution < -0.4 is 4.90 Å². The highest BCUT2D eigenvalue weighted by Gasteiger charge is 2.38. The van der Waals surface area contributed by atoms with Crippen molar-refractivity contribution in [3.05, 3.63) is 192 Å². The summed E-state index contributed by atoms with van der Waals surface area (Å²) in [6, 6.07) is 61.8. The van der Waals surface area contributed by atoms with Crippen LogP contribution in [0.1, 0.15) is 83.2 Å². The molecule has 0 saturated heterocycles. The molecular weight excluding hydrogens is 725 g/mol. The number of aryl methyl sites for hydroxylation is 1. The summed E-state index contributed by atoms with van der Waals surface area (Å²) < 4.78 is 2.51. The minimum Gasteiger partial charge on any atom is -0.310 e. The van der Waals surface area contributed by atoms with E-state index in [1.807, 2.05) is 0 Å². The van der Waals surface area contributed by atoms with Crippen LogP contribution in [0.4, 0.5) is 17.1 Å². The van der Waals surface area contributed by atoms with Crippen molar-refractivity contribution in [2.45, 2.75) is 78.6 Å². The molecule has 2 heteroatoms. The number of aromatic nitrogens is 1. The Labute approximate surface area is 355 Å². The molecule has 0 saturated carbocycles. The minimum absolute atomic E-state index is 0.0634. The van der Waals surface area contributed by atoms with Crippen LogP contribution in [-0.2, 0) is 16.2 Å². The van der Waals surface area contributed by atoms with Crippen molar-refractivity contribution in [2.75, 3.05) is 4.90 Å². The molecule has 0 spiro atoms. The molecule has 8 aromatic carbocycles. The van der Waals surface area contributed by atoms with Gasteiger partial charge in [-0.15, -0.1) is 0 Å². The van der Waals surface area contributed by atoms with Crippen molar-refractivity contribution in [1.82, 2.24) is 4.57 Å². The first-order valence-electron chi connectivity index (χ1n) is 21.5. The van der Waals surface area contributed by atoms with E-state index in [0.717, 1.165) is 11.4 Å². The summed E-state index contributed by atoms with van der Waals surface area (Å²) in [4.78, 5) is 2.48. The smallest absolute Gasteiger partial charge is 0.0619 e. The Kier molecular flexibility index (Phi) is 8.57. The van der Waals surface area contributed by atoms with Gasteiger partial charge in [-0.25, -0.2) is 0 Å². The Hall–Kier alpha value is -6.38. The summed E-state index contributed by atoms with van der Waals surface area (Å²) >= 11 is 0. The van der Waals surface area contributed by atoms with Crippen LogP contribution in [0.3, 0.4) is 0 Å². The Balaban J connectivity index is 1.19. The van der Waals surface area contributed by atoms with Crippen LogP contribution in [0, 0.1) is 6.92 Å². The van der Waals surface area contributed by atoms with Crippen molar-refractivity contribution in [2.24, 2.45) is 0 Å². The maximum Gasteiger partial charge on any atom is 0.0619 e. The summed E-state index contributed by atoms with van der Waals surface area (Å²) in [5, 5.41) is 5.09. The second-order valence-corrected chi connectivity index (χ2v) is 19.6. The lowest BCUT2D eigenvalue weighted by Gasteiger charge is -2.31. The first-order chi connectivity index (χ1) is 28.7. The number of benzene rings is 8. The molecule has 1 aliphatic carbocycles. The number of nitrogens with zero attached hydrogens (tertiary/aromatic N) is 2. The number of rotatable bonds is 5. The van der Waals surface area contributed by atoms with E-state index in [1.165, 1.54) is 94.0 Å². The average Bonchev–Trinajstić information content (AvgIpc) is 3.68. The monoisotopic (exact) mass is 778 g/mol. The summed E-state index contributed by atoms with van der Waals surface area (Å²) in [5.41, 5.74) is 18.8. The van der Waals surface area contributed by atoms with Crippen molar-refractivity contribution < 1.29 is 0 Å². The molecule has 1 aliphatic rings. The maximum atomic E-state index is 2.51. The minimum atomic E-state index is -0.269. The van der Waals surface area contributed by atoms with E-state index < -0.39 is 0 Å². The Morgan fingerprint density at radius 2 is 1.08 bits per heavy atom. The lowest BCUT2D eigenvalue weighted by Crippen LogP contribution is -2.18. The van der Waals surface area contributed by atoms with Gasteiger partial charge in [0.05, 0.1) is 16.7 Å². The summed E-state index contributed by atoms with van der Waals surface area (Å²) in [6.07, 6.45) is 0. The van der Waals surface area contributed by atoms with Gasteiger partial charge in [0, 0.05) is 44.2 Å².